The second-order valence-electron chi connectivity index (χ2n) is 5.10. The second kappa shape index (κ2) is 5.52. The number of aryl methyl sites for hydroxylation is 1. The SMILES string of the molecule is CNc1nc(C)cc(N(C)CC2CCCN2C)n1. The molecule has 0 bridgehead atoms. The fraction of sp³-hybridized carbons (Fsp3) is 0.692. The molecule has 1 saturated heterocycles. The summed E-state index contributed by atoms with van der Waals surface area (Å²) in [6.45, 7) is 4.24. The van der Waals surface area contributed by atoms with Crippen LogP contribution in [0.15, 0.2) is 6.07 Å². The standard InChI is InChI=1S/C13H23N5/c1-10-8-12(16-13(14-2)15-10)18(4)9-11-6-5-7-17(11)3/h8,11H,5-7,9H2,1-4H3,(H,14,15,16). The molecule has 18 heavy (non-hydrogen) atoms. The van der Waals surface area contributed by atoms with E-state index in [4.69, 9.17) is 0 Å². The predicted octanol–water partition coefficient (Wildman–Crippen LogP) is 1.36. The zero-order valence-corrected chi connectivity index (χ0v) is 11.8. The molecule has 1 unspecified atom stereocenters. The van der Waals surface area contributed by atoms with Crippen LogP contribution in [0.4, 0.5) is 11.8 Å². The molecule has 2 heterocycles. The van der Waals surface area contributed by atoms with Crippen molar-refractivity contribution in [3.05, 3.63) is 11.8 Å². The Morgan fingerprint density at radius 3 is 2.89 bits per heavy atom. The zero-order chi connectivity index (χ0) is 13.1. The molecule has 5 heteroatoms. The Labute approximate surface area is 109 Å². The van der Waals surface area contributed by atoms with Crippen LogP contribution in [0.2, 0.25) is 0 Å². The minimum atomic E-state index is 0.642. The molecule has 1 aromatic rings. The van der Waals surface area contributed by atoms with Crippen LogP contribution in [0.25, 0.3) is 0 Å². The average molecular weight is 249 g/mol. The van der Waals surface area contributed by atoms with Crippen LogP contribution < -0.4 is 10.2 Å². The molecule has 2 rings (SSSR count). The number of nitrogens with one attached hydrogen (secondary N) is 1. The van der Waals surface area contributed by atoms with Crippen LogP contribution in [0, 0.1) is 6.92 Å². The fourth-order valence-corrected chi connectivity index (χ4v) is 2.48. The topological polar surface area (TPSA) is 44.3 Å². The van der Waals surface area contributed by atoms with Gasteiger partial charge in [0.25, 0.3) is 0 Å². The molecule has 0 amide bonds. The largest absolute Gasteiger partial charge is 0.358 e. The number of nitrogens with zero attached hydrogens (tertiary/aromatic N) is 4. The molecule has 1 aromatic heterocycles. The van der Waals surface area contributed by atoms with Crippen LogP contribution in [0.1, 0.15) is 18.5 Å². The van der Waals surface area contributed by atoms with Gasteiger partial charge in [0.2, 0.25) is 5.95 Å². The van der Waals surface area contributed by atoms with E-state index in [0.717, 1.165) is 18.1 Å². The van der Waals surface area contributed by atoms with Gasteiger partial charge in [0.1, 0.15) is 5.82 Å². The Balaban J connectivity index is 2.08. The van der Waals surface area contributed by atoms with E-state index >= 15 is 0 Å². The smallest absolute Gasteiger partial charge is 0.224 e. The Bertz CT molecular complexity index is 406. The molecule has 1 fully saturated rings. The van der Waals surface area contributed by atoms with E-state index < -0.39 is 0 Å². The highest BCUT2D eigenvalue weighted by atomic mass is 15.2. The summed E-state index contributed by atoms with van der Waals surface area (Å²) in [5, 5.41) is 3.01. The molecule has 100 valence electrons. The monoisotopic (exact) mass is 249 g/mol. The molecular formula is C13H23N5. The number of hydrogen-bond acceptors (Lipinski definition) is 5. The molecule has 0 radical (unpaired) electrons. The molecule has 1 N–H and O–H groups in total. The van der Waals surface area contributed by atoms with Gasteiger partial charge in [-0.2, -0.15) is 4.98 Å². The van der Waals surface area contributed by atoms with Gasteiger partial charge < -0.3 is 15.1 Å². The molecule has 1 atom stereocenters. The Kier molecular flexibility index (Phi) is 4.01. The molecule has 1 aliphatic rings. The van der Waals surface area contributed by atoms with Gasteiger partial charge in [-0.15, -0.1) is 0 Å². The minimum absolute atomic E-state index is 0.642. The summed E-state index contributed by atoms with van der Waals surface area (Å²) in [6, 6.07) is 2.68. The van der Waals surface area contributed by atoms with E-state index in [0.29, 0.717) is 12.0 Å². The minimum Gasteiger partial charge on any atom is -0.358 e. The first-order valence-corrected chi connectivity index (χ1v) is 6.55. The van der Waals surface area contributed by atoms with E-state index in [1.807, 2.05) is 20.0 Å². The highest BCUT2D eigenvalue weighted by Crippen LogP contribution is 2.19. The number of aromatic nitrogens is 2. The van der Waals surface area contributed by atoms with Gasteiger partial charge in [-0.05, 0) is 33.4 Å². The Morgan fingerprint density at radius 2 is 2.28 bits per heavy atom. The van der Waals surface area contributed by atoms with Crippen LogP contribution >= 0.6 is 0 Å². The third-order valence-electron chi connectivity index (χ3n) is 3.61. The van der Waals surface area contributed by atoms with E-state index in [-0.39, 0.29) is 0 Å². The third kappa shape index (κ3) is 2.90. The molecule has 0 aromatic carbocycles. The first-order valence-electron chi connectivity index (χ1n) is 6.55. The summed E-state index contributed by atoms with van der Waals surface area (Å²) < 4.78 is 0. The van der Waals surface area contributed by atoms with Crippen molar-refractivity contribution >= 4 is 11.8 Å². The van der Waals surface area contributed by atoms with Crippen molar-refractivity contribution in [2.75, 3.05) is 44.4 Å². The molecule has 5 nitrogen and oxygen atoms in total. The van der Waals surface area contributed by atoms with Crippen LogP contribution in [0.5, 0.6) is 0 Å². The van der Waals surface area contributed by atoms with Crippen LogP contribution in [-0.4, -0.2) is 55.1 Å². The maximum Gasteiger partial charge on any atom is 0.224 e. The molecule has 0 saturated carbocycles. The van der Waals surface area contributed by atoms with Gasteiger partial charge in [-0.3, -0.25) is 0 Å². The first-order chi connectivity index (χ1) is 8.60. The van der Waals surface area contributed by atoms with Gasteiger partial charge in [0.15, 0.2) is 0 Å². The van der Waals surface area contributed by atoms with E-state index in [9.17, 15) is 0 Å². The van der Waals surface area contributed by atoms with Gasteiger partial charge in [0, 0.05) is 38.4 Å². The second-order valence-corrected chi connectivity index (χ2v) is 5.10. The van der Waals surface area contributed by atoms with Crippen LogP contribution in [-0.2, 0) is 0 Å². The zero-order valence-electron chi connectivity index (χ0n) is 11.8. The lowest BCUT2D eigenvalue weighted by Crippen LogP contribution is -2.37. The first kappa shape index (κ1) is 13.1. The normalized spacial score (nSPS) is 20.1. The molecular weight excluding hydrogens is 226 g/mol. The van der Waals surface area contributed by atoms with Crippen molar-refractivity contribution in [1.29, 1.82) is 0 Å². The van der Waals surface area contributed by atoms with Crippen molar-refractivity contribution in [2.45, 2.75) is 25.8 Å². The van der Waals surface area contributed by atoms with E-state index in [1.165, 1.54) is 19.4 Å². The fourth-order valence-electron chi connectivity index (χ4n) is 2.48. The molecule has 1 aliphatic heterocycles. The molecule has 0 spiro atoms. The van der Waals surface area contributed by atoms with Crippen molar-refractivity contribution < 1.29 is 0 Å². The highest BCUT2D eigenvalue weighted by Gasteiger charge is 2.22. The summed E-state index contributed by atoms with van der Waals surface area (Å²) in [5.41, 5.74) is 0.996. The lowest BCUT2D eigenvalue weighted by Gasteiger charge is -2.26. The van der Waals surface area contributed by atoms with E-state index in [2.05, 4.69) is 39.2 Å². The lowest BCUT2D eigenvalue weighted by molar-refractivity contribution is 0.314. The van der Waals surface area contributed by atoms with Crippen molar-refractivity contribution in [1.82, 2.24) is 14.9 Å². The summed E-state index contributed by atoms with van der Waals surface area (Å²) in [6.07, 6.45) is 2.59. The number of likely N-dealkylation sites (tertiary alicyclic amines) is 1. The quantitative estimate of drug-likeness (QED) is 0.873. The van der Waals surface area contributed by atoms with Crippen molar-refractivity contribution in [2.24, 2.45) is 0 Å². The summed E-state index contributed by atoms with van der Waals surface area (Å²) in [7, 11) is 6.16. The lowest BCUT2D eigenvalue weighted by atomic mass is 10.2. The number of anilines is 2. The third-order valence-corrected chi connectivity index (χ3v) is 3.61. The maximum atomic E-state index is 4.50. The van der Waals surface area contributed by atoms with Gasteiger partial charge >= 0.3 is 0 Å². The number of hydrogen-bond donors (Lipinski definition) is 1. The predicted molar refractivity (Wildman–Crippen MR) is 75.2 cm³/mol. The van der Waals surface area contributed by atoms with Gasteiger partial charge in [-0.25, -0.2) is 4.98 Å². The van der Waals surface area contributed by atoms with Gasteiger partial charge in [0.05, 0.1) is 0 Å². The van der Waals surface area contributed by atoms with Crippen LogP contribution in [0.3, 0.4) is 0 Å². The van der Waals surface area contributed by atoms with Crippen molar-refractivity contribution in [3.63, 3.8) is 0 Å². The Hall–Kier alpha value is -1.36. The molecule has 0 aliphatic carbocycles. The number of likely N-dealkylation sites (N-methyl/N-ethyl adjacent to an activating group) is 2. The highest BCUT2D eigenvalue weighted by molar-refractivity contribution is 5.44. The summed E-state index contributed by atoms with van der Waals surface area (Å²) in [5.74, 6) is 1.68. The van der Waals surface area contributed by atoms with Gasteiger partial charge in [-0.1, -0.05) is 0 Å². The summed E-state index contributed by atoms with van der Waals surface area (Å²) >= 11 is 0. The van der Waals surface area contributed by atoms with Crippen molar-refractivity contribution in [3.8, 4) is 0 Å². The van der Waals surface area contributed by atoms with E-state index in [1.54, 1.807) is 0 Å². The number of rotatable bonds is 4. The Morgan fingerprint density at radius 1 is 1.50 bits per heavy atom. The average Bonchev–Trinajstić information content (AvgIpc) is 2.74. The maximum absolute atomic E-state index is 4.50. The summed E-state index contributed by atoms with van der Waals surface area (Å²) in [4.78, 5) is 13.5.